The molecule has 2 aromatic carbocycles. The fraction of sp³-hybridized carbons (Fsp3) is 0.143. The normalized spacial score (nSPS) is 13.4. The Bertz CT molecular complexity index is 698. The average molecular weight is 247 g/mol. The van der Waals surface area contributed by atoms with Gasteiger partial charge in [-0.15, -0.1) is 0 Å². The van der Waals surface area contributed by atoms with Crippen molar-refractivity contribution in [2.75, 3.05) is 0 Å². The number of aliphatic hydroxyl groups is 1. The number of benzene rings is 2. The lowest BCUT2D eigenvalue weighted by atomic mass is 10.1. The van der Waals surface area contributed by atoms with Crippen molar-refractivity contribution in [2.45, 2.75) is 12.5 Å². The van der Waals surface area contributed by atoms with E-state index in [1.54, 1.807) is 0 Å². The van der Waals surface area contributed by atoms with E-state index < -0.39 is 5.56 Å². The first-order valence-electron chi connectivity index (χ1n) is 5.41. The molecule has 0 amide bonds. The molecule has 0 saturated heterocycles. The summed E-state index contributed by atoms with van der Waals surface area (Å²) in [5.74, 6) is 0.429. The van der Waals surface area contributed by atoms with E-state index in [9.17, 15) is 5.11 Å². The lowest BCUT2D eigenvalue weighted by molar-refractivity contribution is 0.232. The Morgan fingerprint density at radius 3 is 2.65 bits per heavy atom. The van der Waals surface area contributed by atoms with Crippen LogP contribution in [0.4, 0.5) is 0 Å². The maximum absolute atomic E-state index is 9.45. The van der Waals surface area contributed by atoms with Crippen LogP contribution in [-0.2, 0) is 0 Å². The number of hydrogen-bond acceptors (Lipinski definition) is 2. The Morgan fingerprint density at radius 2 is 1.88 bits per heavy atom. The van der Waals surface area contributed by atoms with E-state index in [1.807, 2.05) is 43.3 Å². The smallest absolute Gasteiger partial charge is 0.186 e. The van der Waals surface area contributed by atoms with E-state index in [2.05, 4.69) is 0 Å². The van der Waals surface area contributed by atoms with Gasteiger partial charge in [0.15, 0.2) is 11.3 Å². The second kappa shape index (κ2) is 3.76. The summed E-state index contributed by atoms with van der Waals surface area (Å²) >= 11 is 5.69. The number of hydrogen-bond donors (Lipinski definition) is 1. The highest BCUT2D eigenvalue weighted by Gasteiger charge is 2.17. The number of alkyl halides is 1. The second-order valence-corrected chi connectivity index (χ2v) is 4.50. The summed E-state index contributed by atoms with van der Waals surface area (Å²) in [6.45, 7) is 1.90. The molecule has 0 aliphatic carbocycles. The minimum Gasteiger partial charge on any atom is -0.456 e. The topological polar surface area (TPSA) is 33.4 Å². The van der Waals surface area contributed by atoms with Crippen molar-refractivity contribution in [2.24, 2.45) is 0 Å². The summed E-state index contributed by atoms with van der Waals surface area (Å²) in [4.78, 5) is 0. The van der Waals surface area contributed by atoms with E-state index in [0.29, 0.717) is 5.76 Å². The molecule has 1 unspecified atom stereocenters. The van der Waals surface area contributed by atoms with Gasteiger partial charge in [0.1, 0.15) is 5.58 Å². The van der Waals surface area contributed by atoms with E-state index >= 15 is 0 Å². The quantitative estimate of drug-likeness (QED) is 0.655. The second-order valence-electron chi connectivity index (χ2n) is 4.09. The molecule has 86 valence electrons. The molecular formula is C14H11ClO2. The molecule has 17 heavy (non-hydrogen) atoms. The molecule has 3 rings (SSSR count). The molecule has 0 aliphatic rings. The molecule has 0 spiro atoms. The molecule has 1 heterocycles. The SMILES string of the molecule is Cc1c(C(O)Cl)oc2c1ccc1ccccc12. The summed E-state index contributed by atoms with van der Waals surface area (Å²) < 4.78 is 5.69. The Labute approximate surface area is 103 Å². The van der Waals surface area contributed by atoms with Crippen LogP contribution in [0.3, 0.4) is 0 Å². The van der Waals surface area contributed by atoms with Crippen LogP contribution in [-0.4, -0.2) is 5.11 Å². The lowest BCUT2D eigenvalue weighted by Crippen LogP contribution is -1.86. The minimum absolute atomic E-state index is 0.429. The van der Waals surface area contributed by atoms with Crippen molar-refractivity contribution in [1.29, 1.82) is 0 Å². The Kier molecular flexibility index (Phi) is 2.35. The van der Waals surface area contributed by atoms with E-state index in [0.717, 1.165) is 27.3 Å². The molecule has 1 N–H and O–H groups in total. The highest BCUT2D eigenvalue weighted by molar-refractivity contribution is 6.20. The molecule has 1 atom stereocenters. The highest BCUT2D eigenvalue weighted by atomic mass is 35.5. The number of aryl methyl sites for hydroxylation is 1. The zero-order valence-corrected chi connectivity index (χ0v) is 10.0. The zero-order valence-electron chi connectivity index (χ0n) is 9.27. The Balaban J connectivity index is 2.47. The van der Waals surface area contributed by atoms with Gasteiger partial charge in [-0.1, -0.05) is 48.0 Å². The molecule has 3 aromatic rings. The summed E-state index contributed by atoms with van der Waals surface area (Å²) in [6.07, 6.45) is 0. The third-order valence-electron chi connectivity index (χ3n) is 3.08. The van der Waals surface area contributed by atoms with Crippen LogP contribution >= 0.6 is 11.6 Å². The monoisotopic (exact) mass is 246 g/mol. The maximum Gasteiger partial charge on any atom is 0.186 e. The van der Waals surface area contributed by atoms with Crippen LogP contribution in [0, 0.1) is 6.92 Å². The van der Waals surface area contributed by atoms with Crippen LogP contribution in [0.25, 0.3) is 21.7 Å². The van der Waals surface area contributed by atoms with Crippen LogP contribution in [0.1, 0.15) is 16.9 Å². The maximum atomic E-state index is 9.45. The van der Waals surface area contributed by atoms with Gasteiger partial charge in [0, 0.05) is 16.3 Å². The van der Waals surface area contributed by atoms with Crippen molar-refractivity contribution in [3.8, 4) is 0 Å². The number of halogens is 1. The minimum atomic E-state index is -1.10. The van der Waals surface area contributed by atoms with Crippen LogP contribution < -0.4 is 0 Å². The summed E-state index contributed by atoms with van der Waals surface area (Å²) in [5.41, 5.74) is 0.588. The van der Waals surface area contributed by atoms with Crippen molar-refractivity contribution >= 4 is 33.3 Å². The zero-order chi connectivity index (χ0) is 12.0. The van der Waals surface area contributed by atoms with Gasteiger partial charge < -0.3 is 9.52 Å². The van der Waals surface area contributed by atoms with Gasteiger partial charge in [0.05, 0.1) is 0 Å². The van der Waals surface area contributed by atoms with Gasteiger partial charge in [0.25, 0.3) is 0 Å². The van der Waals surface area contributed by atoms with Crippen molar-refractivity contribution in [1.82, 2.24) is 0 Å². The van der Waals surface area contributed by atoms with Crippen LogP contribution in [0.5, 0.6) is 0 Å². The Morgan fingerprint density at radius 1 is 1.12 bits per heavy atom. The third-order valence-corrected chi connectivity index (χ3v) is 3.28. The van der Waals surface area contributed by atoms with Gasteiger partial charge in [-0.3, -0.25) is 0 Å². The summed E-state index contributed by atoms with van der Waals surface area (Å²) in [7, 11) is 0. The number of aliphatic hydroxyl groups excluding tert-OH is 1. The van der Waals surface area contributed by atoms with Crippen molar-refractivity contribution < 1.29 is 9.52 Å². The molecule has 0 bridgehead atoms. The summed E-state index contributed by atoms with van der Waals surface area (Å²) in [6, 6.07) is 12.0. The molecule has 0 fully saturated rings. The highest BCUT2D eigenvalue weighted by Crippen LogP contribution is 2.35. The average Bonchev–Trinajstić information content (AvgIpc) is 2.67. The van der Waals surface area contributed by atoms with Crippen molar-refractivity contribution in [3.05, 3.63) is 47.7 Å². The first-order chi connectivity index (χ1) is 8.18. The molecule has 1 aromatic heterocycles. The van der Waals surface area contributed by atoms with Gasteiger partial charge >= 0.3 is 0 Å². The predicted octanol–water partition coefficient (Wildman–Crippen LogP) is 4.12. The molecule has 3 heteroatoms. The van der Waals surface area contributed by atoms with Gasteiger partial charge in [0.2, 0.25) is 0 Å². The fourth-order valence-corrected chi connectivity index (χ4v) is 2.40. The van der Waals surface area contributed by atoms with Crippen molar-refractivity contribution in [3.63, 3.8) is 0 Å². The Hall–Kier alpha value is -1.51. The predicted molar refractivity (Wildman–Crippen MR) is 69.3 cm³/mol. The number of furan rings is 1. The third kappa shape index (κ3) is 1.53. The van der Waals surface area contributed by atoms with Gasteiger partial charge in [-0.2, -0.15) is 0 Å². The lowest BCUT2D eigenvalue weighted by Gasteiger charge is -1.97. The van der Waals surface area contributed by atoms with Gasteiger partial charge in [-0.25, -0.2) is 0 Å². The molecule has 0 saturated carbocycles. The fourth-order valence-electron chi connectivity index (χ4n) is 2.19. The first-order valence-corrected chi connectivity index (χ1v) is 5.85. The molecule has 0 aliphatic heterocycles. The number of rotatable bonds is 1. The molecule has 2 nitrogen and oxygen atoms in total. The van der Waals surface area contributed by atoms with E-state index in [4.69, 9.17) is 16.0 Å². The standard InChI is InChI=1S/C14H11ClO2/c1-8-10-7-6-9-4-2-3-5-11(9)13(10)17-12(8)14(15)16/h2-7,14,16H,1H3. The molecular weight excluding hydrogens is 236 g/mol. The van der Waals surface area contributed by atoms with E-state index in [1.165, 1.54) is 0 Å². The largest absolute Gasteiger partial charge is 0.456 e. The molecule has 0 radical (unpaired) electrons. The summed E-state index contributed by atoms with van der Waals surface area (Å²) in [5, 5.41) is 12.6. The van der Waals surface area contributed by atoms with Gasteiger partial charge in [-0.05, 0) is 12.3 Å². The van der Waals surface area contributed by atoms with Crippen LogP contribution in [0.2, 0.25) is 0 Å². The number of fused-ring (bicyclic) bond motifs is 3. The van der Waals surface area contributed by atoms with E-state index in [-0.39, 0.29) is 0 Å². The van der Waals surface area contributed by atoms with Crippen LogP contribution in [0.15, 0.2) is 40.8 Å². The first kappa shape index (κ1) is 10.6.